The van der Waals surface area contributed by atoms with Crippen molar-refractivity contribution < 1.29 is 9.59 Å². The first-order chi connectivity index (χ1) is 14.0. The summed E-state index contributed by atoms with van der Waals surface area (Å²) in [7, 11) is 0. The van der Waals surface area contributed by atoms with Gasteiger partial charge in [0.25, 0.3) is 0 Å². The van der Waals surface area contributed by atoms with Crippen molar-refractivity contribution in [3.63, 3.8) is 0 Å². The van der Waals surface area contributed by atoms with Crippen LogP contribution in [-0.2, 0) is 22.6 Å². The molecule has 0 spiro atoms. The molecular weight excluding hydrogens is 368 g/mol. The van der Waals surface area contributed by atoms with Gasteiger partial charge in [0.1, 0.15) is 0 Å². The number of likely N-dealkylation sites (tertiary alicyclic amines) is 1. The van der Waals surface area contributed by atoms with Gasteiger partial charge in [-0.1, -0.05) is 0 Å². The lowest BCUT2D eigenvalue weighted by Gasteiger charge is -2.36. The number of rotatable bonds is 4. The molecule has 8 nitrogen and oxygen atoms in total. The van der Waals surface area contributed by atoms with Gasteiger partial charge in [-0.2, -0.15) is 0 Å². The van der Waals surface area contributed by atoms with Gasteiger partial charge in [0, 0.05) is 69.6 Å². The molecule has 2 atom stereocenters. The van der Waals surface area contributed by atoms with Crippen LogP contribution in [0.15, 0.2) is 24.9 Å². The van der Waals surface area contributed by atoms with Crippen LogP contribution >= 0.6 is 0 Å². The zero-order valence-corrected chi connectivity index (χ0v) is 17.1. The van der Waals surface area contributed by atoms with Crippen LogP contribution in [0.2, 0.25) is 0 Å². The highest BCUT2D eigenvalue weighted by molar-refractivity contribution is 5.77. The van der Waals surface area contributed by atoms with Crippen LogP contribution in [0.4, 0.5) is 0 Å². The lowest BCUT2D eigenvalue weighted by molar-refractivity contribution is -0.136. The second-order valence-corrected chi connectivity index (χ2v) is 8.05. The van der Waals surface area contributed by atoms with Crippen molar-refractivity contribution in [1.82, 2.24) is 29.3 Å². The maximum atomic E-state index is 13.1. The Labute approximate surface area is 171 Å². The van der Waals surface area contributed by atoms with E-state index < -0.39 is 0 Å². The molecule has 2 aromatic rings. The van der Waals surface area contributed by atoms with Gasteiger partial charge in [-0.15, -0.1) is 0 Å². The smallest absolute Gasteiger partial charge is 0.225 e. The van der Waals surface area contributed by atoms with Crippen molar-refractivity contribution in [3.8, 4) is 0 Å². The van der Waals surface area contributed by atoms with Crippen molar-refractivity contribution in [2.75, 3.05) is 13.1 Å². The Kier molecular flexibility index (Phi) is 5.60. The molecule has 4 heterocycles. The predicted octanol–water partition coefficient (Wildman–Crippen LogP) is 2.28. The maximum absolute atomic E-state index is 13.1. The van der Waals surface area contributed by atoms with E-state index in [1.54, 1.807) is 19.4 Å². The number of amides is 2. The van der Waals surface area contributed by atoms with Gasteiger partial charge in [0.2, 0.25) is 11.8 Å². The Morgan fingerprint density at radius 2 is 2.14 bits per heavy atom. The molecule has 0 aliphatic carbocycles. The largest absolute Gasteiger partial charge is 0.338 e. The number of fused-ring (bicyclic) bond motifs is 1. The van der Waals surface area contributed by atoms with Crippen LogP contribution in [-0.4, -0.2) is 54.2 Å². The summed E-state index contributed by atoms with van der Waals surface area (Å²) in [5, 5.41) is 0. The molecule has 2 aliphatic heterocycles. The Balaban J connectivity index is 1.50. The van der Waals surface area contributed by atoms with Gasteiger partial charge < -0.3 is 14.4 Å². The van der Waals surface area contributed by atoms with Crippen LogP contribution in [0.25, 0.3) is 0 Å². The Morgan fingerprint density at radius 3 is 2.90 bits per heavy atom. The van der Waals surface area contributed by atoms with Gasteiger partial charge in [-0.05, 0) is 26.2 Å². The maximum Gasteiger partial charge on any atom is 0.225 e. The molecule has 2 aromatic heterocycles. The molecule has 2 unspecified atom stereocenters. The first kappa shape index (κ1) is 19.5. The second kappa shape index (κ2) is 8.31. The number of piperidine rings is 1. The first-order valence-corrected chi connectivity index (χ1v) is 10.4. The minimum atomic E-state index is -0.0672. The van der Waals surface area contributed by atoms with E-state index in [2.05, 4.69) is 9.97 Å². The topological polar surface area (TPSA) is 84.2 Å². The van der Waals surface area contributed by atoms with Crippen molar-refractivity contribution >= 4 is 11.8 Å². The van der Waals surface area contributed by atoms with E-state index in [4.69, 9.17) is 4.98 Å². The second-order valence-electron chi connectivity index (χ2n) is 8.05. The van der Waals surface area contributed by atoms with Gasteiger partial charge in [-0.3, -0.25) is 9.59 Å². The molecule has 8 heteroatoms. The third-order valence-corrected chi connectivity index (χ3v) is 6.02. The molecule has 4 rings (SSSR count). The number of carbonyl (C=O) groups is 2. The fourth-order valence-electron chi connectivity index (χ4n) is 4.26. The summed E-state index contributed by atoms with van der Waals surface area (Å²) in [5.74, 6) is 0.958. The van der Waals surface area contributed by atoms with E-state index in [0.29, 0.717) is 19.5 Å². The van der Waals surface area contributed by atoms with Crippen LogP contribution in [0.5, 0.6) is 0 Å². The Bertz CT molecular complexity index is 881. The fourth-order valence-corrected chi connectivity index (χ4v) is 4.26. The molecular formula is C21H28N6O2. The molecule has 0 saturated carbocycles. The molecule has 1 fully saturated rings. The number of imidazole rings is 1. The molecule has 2 amide bonds. The average Bonchev–Trinajstić information content (AvgIpc) is 3.28. The highest BCUT2D eigenvalue weighted by atomic mass is 16.2. The first-order valence-electron chi connectivity index (χ1n) is 10.4. The summed E-state index contributed by atoms with van der Waals surface area (Å²) < 4.78 is 1.97. The Hall–Kier alpha value is -2.77. The van der Waals surface area contributed by atoms with E-state index >= 15 is 0 Å². The summed E-state index contributed by atoms with van der Waals surface area (Å²) in [5.41, 5.74) is 2.02. The SMILES string of the molecule is CC(=O)N1CCc2nc(C3CCCCN3C(=O)CC(C)n3ccnc3)ncc2C1. The number of carbonyl (C=O) groups excluding carboxylic acids is 2. The molecule has 154 valence electrons. The number of aromatic nitrogens is 4. The highest BCUT2D eigenvalue weighted by Gasteiger charge is 2.31. The third-order valence-electron chi connectivity index (χ3n) is 6.02. The van der Waals surface area contributed by atoms with Crippen molar-refractivity contribution in [3.05, 3.63) is 42.0 Å². The molecule has 0 N–H and O–H groups in total. The van der Waals surface area contributed by atoms with Gasteiger partial charge in [0.15, 0.2) is 5.82 Å². The summed E-state index contributed by atoms with van der Waals surface area (Å²) >= 11 is 0. The number of nitrogens with zero attached hydrogens (tertiary/aromatic N) is 6. The number of hydrogen-bond donors (Lipinski definition) is 0. The summed E-state index contributed by atoms with van der Waals surface area (Å²) in [4.78, 5) is 42.0. The van der Waals surface area contributed by atoms with Gasteiger partial charge >= 0.3 is 0 Å². The fraction of sp³-hybridized carbons (Fsp3) is 0.571. The van der Waals surface area contributed by atoms with Crippen LogP contribution in [0, 0.1) is 0 Å². The molecule has 29 heavy (non-hydrogen) atoms. The quantitative estimate of drug-likeness (QED) is 0.792. The van der Waals surface area contributed by atoms with E-state index in [9.17, 15) is 9.59 Å². The van der Waals surface area contributed by atoms with Crippen molar-refractivity contribution in [2.45, 2.75) is 64.6 Å². The molecule has 0 radical (unpaired) electrons. The minimum Gasteiger partial charge on any atom is -0.338 e. The molecule has 2 aliphatic rings. The lowest BCUT2D eigenvalue weighted by Crippen LogP contribution is -2.40. The van der Waals surface area contributed by atoms with Crippen LogP contribution < -0.4 is 0 Å². The van der Waals surface area contributed by atoms with E-state index in [1.807, 2.05) is 33.7 Å². The average molecular weight is 396 g/mol. The standard InChI is InChI=1S/C21H28N6O2/c1-15(26-10-7-22-14-26)11-20(29)27-8-4-3-5-19(27)21-23-12-17-13-25(16(2)28)9-6-18(17)24-21/h7,10,12,14-15,19H,3-6,8-9,11,13H2,1-2H3. The van der Waals surface area contributed by atoms with Crippen LogP contribution in [0.3, 0.4) is 0 Å². The van der Waals surface area contributed by atoms with Crippen molar-refractivity contribution in [2.24, 2.45) is 0 Å². The third kappa shape index (κ3) is 4.16. The summed E-state index contributed by atoms with van der Waals surface area (Å²) in [6.07, 6.45) is 11.4. The van der Waals surface area contributed by atoms with Gasteiger partial charge in [-0.25, -0.2) is 15.0 Å². The van der Waals surface area contributed by atoms with E-state index in [-0.39, 0.29) is 23.9 Å². The van der Waals surface area contributed by atoms with E-state index in [1.165, 1.54) is 0 Å². The van der Waals surface area contributed by atoms with E-state index in [0.717, 1.165) is 49.3 Å². The number of hydrogen-bond acceptors (Lipinski definition) is 5. The zero-order chi connectivity index (χ0) is 20.4. The Morgan fingerprint density at radius 1 is 1.28 bits per heavy atom. The minimum absolute atomic E-state index is 0.0644. The molecule has 0 bridgehead atoms. The highest BCUT2D eigenvalue weighted by Crippen LogP contribution is 2.31. The summed E-state index contributed by atoms with van der Waals surface area (Å²) in [6.45, 7) is 5.64. The summed E-state index contributed by atoms with van der Waals surface area (Å²) in [6, 6.07) is -0.00281. The van der Waals surface area contributed by atoms with Crippen molar-refractivity contribution in [1.29, 1.82) is 0 Å². The molecule has 1 saturated heterocycles. The normalized spacial score (nSPS) is 20.3. The van der Waals surface area contributed by atoms with Gasteiger partial charge in [0.05, 0.1) is 18.1 Å². The monoisotopic (exact) mass is 396 g/mol. The zero-order valence-electron chi connectivity index (χ0n) is 17.1. The molecule has 0 aromatic carbocycles. The lowest BCUT2D eigenvalue weighted by atomic mass is 9.99. The predicted molar refractivity (Wildman–Crippen MR) is 107 cm³/mol. The van der Waals surface area contributed by atoms with Crippen LogP contribution in [0.1, 0.15) is 68.7 Å².